The zero-order valence-corrected chi connectivity index (χ0v) is 29.3. The zero-order chi connectivity index (χ0) is 34.6. The molecule has 2 heterocycles. The van der Waals surface area contributed by atoms with Crippen LogP contribution in [0.3, 0.4) is 0 Å². The predicted octanol–water partition coefficient (Wildman–Crippen LogP) is 7.13. The van der Waals surface area contributed by atoms with Gasteiger partial charge in [-0.2, -0.15) is 5.26 Å². The van der Waals surface area contributed by atoms with Crippen LogP contribution in [-0.4, -0.2) is 91.0 Å². The molecule has 2 aliphatic heterocycles. The van der Waals surface area contributed by atoms with E-state index in [0.29, 0.717) is 60.0 Å². The van der Waals surface area contributed by atoms with Gasteiger partial charge in [0, 0.05) is 43.3 Å². The van der Waals surface area contributed by atoms with Gasteiger partial charge in [-0.1, -0.05) is 61.0 Å². The maximum absolute atomic E-state index is 14.9. The van der Waals surface area contributed by atoms with Crippen LogP contribution in [0.1, 0.15) is 62.5 Å². The lowest BCUT2D eigenvalue weighted by atomic mass is 9.85. The number of piperazine rings is 1. The van der Waals surface area contributed by atoms with Gasteiger partial charge in [0.25, 0.3) is 5.91 Å². The lowest BCUT2D eigenvalue weighted by Gasteiger charge is -2.39. The Morgan fingerprint density at radius 3 is 2.12 bits per heavy atom. The Labute approximate surface area is 299 Å². The third kappa shape index (κ3) is 8.19. The molecule has 260 valence electrons. The minimum atomic E-state index is -0.802. The summed E-state index contributed by atoms with van der Waals surface area (Å²) < 4.78 is 6.11. The number of urea groups is 1. The second-order valence-corrected chi connectivity index (χ2v) is 13.2. The van der Waals surface area contributed by atoms with Gasteiger partial charge in [-0.3, -0.25) is 24.4 Å². The highest BCUT2D eigenvalue weighted by Gasteiger charge is 2.45. The summed E-state index contributed by atoms with van der Waals surface area (Å²) in [5.74, 6) is 0.838. The average molecular weight is 708 g/mol. The van der Waals surface area contributed by atoms with E-state index >= 15 is 0 Å². The summed E-state index contributed by atoms with van der Waals surface area (Å²) in [6, 6.07) is 21.7. The molecule has 3 aromatic carbocycles. The molecule has 2 aliphatic rings. The highest BCUT2D eigenvalue weighted by atomic mass is 35.5. The molecule has 0 unspecified atom stereocenters. The third-order valence-corrected chi connectivity index (χ3v) is 9.35. The van der Waals surface area contributed by atoms with Crippen molar-refractivity contribution in [2.45, 2.75) is 45.7 Å². The van der Waals surface area contributed by atoms with Crippen molar-refractivity contribution in [1.29, 1.82) is 5.26 Å². The van der Waals surface area contributed by atoms with Crippen LogP contribution in [0.5, 0.6) is 5.75 Å². The van der Waals surface area contributed by atoms with E-state index in [1.54, 1.807) is 16.8 Å². The van der Waals surface area contributed by atoms with Gasteiger partial charge >= 0.3 is 6.03 Å². The SMILES string of the molecule is C.CCOc1ccc(C(C)(C)C#N)cc1C1=N[C@@H](c2ccc(Cl)cc2)[C@@H](c2ccc(Cl)cc2)N1C(=O)N1CCN(CC(=O)N(C)OC)CC1. The standard InChI is InChI=1S/C36H40Cl2N6O4.CH4/c1-6-48-30-16-11-26(36(2,3)23-39)21-29(30)34-40-32(24-7-12-27(37)13-8-24)33(25-9-14-28(38)15-10-25)44(34)35(46)43-19-17-42(18-20-43)22-31(45)41(4)47-5;/h7-16,21,32-33H,6,17-20,22H2,1-5H3;1H4/t32-,33+;/m0./s1. The zero-order valence-electron chi connectivity index (χ0n) is 27.8. The summed E-state index contributed by atoms with van der Waals surface area (Å²) in [5.41, 5.74) is 2.32. The minimum Gasteiger partial charge on any atom is -0.493 e. The normalized spacial score (nSPS) is 18.0. The molecular formula is C37H44Cl2N6O4. The Balaban J connectivity index is 0.00000541. The number of aliphatic imine (C=N–C) groups is 1. The van der Waals surface area contributed by atoms with E-state index in [0.717, 1.165) is 16.7 Å². The Hall–Kier alpha value is -4.14. The van der Waals surface area contributed by atoms with Gasteiger partial charge in [-0.25, -0.2) is 9.86 Å². The summed E-state index contributed by atoms with van der Waals surface area (Å²) >= 11 is 12.6. The number of rotatable bonds is 9. The number of benzene rings is 3. The molecular weight excluding hydrogens is 663 g/mol. The number of hydrogen-bond donors (Lipinski definition) is 0. The van der Waals surface area contributed by atoms with E-state index in [4.69, 9.17) is 37.8 Å². The monoisotopic (exact) mass is 706 g/mol. The quantitative estimate of drug-likeness (QED) is 0.220. The molecule has 0 bridgehead atoms. The van der Waals surface area contributed by atoms with Crippen LogP contribution < -0.4 is 4.74 Å². The van der Waals surface area contributed by atoms with Crippen LogP contribution >= 0.6 is 23.2 Å². The Morgan fingerprint density at radius 1 is 0.980 bits per heavy atom. The molecule has 1 saturated heterocycles. The van der Waals surface area contributed by atoms with Crippen LogP contribution in [0.4, 0.5) is 4.79 Å². The molecule has 3 amide bonds. The largest absolute Gasteiger partial charge is 0.493 e. The molecule has 0 saturated carbocycles. The van der Waals surface area contributed by atoms with Crippen molar-refractivity contribution < 1.29 is 19.2 Å². The summed E-state index contributed by atoms with van der Waals surface area (Å²) in [7, 11) is 3.03. The number of ether oxygens (including phenoxy) is 1. The summed E-state index contributed by atoms with van der Waals surface area (Å²) in [4.78, 5) is 43.3. The molecule has 0 radical (unpaired) electrons. The number of hydrogen-bond acceptors (Lipinski definition) is 7. The average Bonchev–Trinajstić information content (AvgIpc) is 3.49. The van der Waals surface area contributed by atoms with Crippen LogP contribution in [0, 0.1) is 11.3 Å². The lowest BCUT2D eigenvalue weighted by Crippen LogP contribution is -2.55. The fraction of sp³-hybridized carbons (Fsp3) is 0.405. The van der Waals surface area contributed by atoms with Crippen molar-refractivity contribution in [3.63, 3.8) is 0 Å². The molecule has 0 N–H and O–H groups in total. The third-order valence-electron chi connectivity index (χ3n) is 8.84. The van der Waals surface area contributed by atoms with Gasteiger partial charge in [-0.05, 0) is 73.9 Å². The van der Waals surface area contributed by atoms with E-state index in [-0.39, 0.29) is 25.9 Å². The molecule has 49 heavy (non-hydrogen) atoms. The van der Waals surface area contributed by atoms with Crippen LogP contribution in [-0.2, 0) is 15.0 Å². The molecule has 2 atom stereocenters. The second-order valence-electron chi connectivity index (χ2n) is 12.3. The fourth-order valence-corrected chi connectivity index (χ4v) is 6.19. The van der Waals surface area contributed by atoms with E-state index in [1.165, 1.54) is 12.2 Å². The van der Waals surface area contributed by atoms with Crippen molar-refractivity contribution in [2.75, 3.05) is 53.5 Å². The molecule has 0 aromatic heterocycles. The van der Waals surface area contributed by atoms with Crippen LogP contribution in [0.25, 0.3) is 0 Å². The highest BCUT2D eigenvalue weighted by molar-refractivity contribution is 6.30. The van der Waals surface area contributed by atoms with Crippen molar-refractivity contribution >= 4 is 41.0 Å². The summed E-state index contributed by atoms with van der Waals surface area (Å²) in [6.07, 6.45) is 0. The Morgan fingerprint density at radius 2 is 1.57 bits per heavy atom. The summed E-state index contributed by atoms with van der Waals surface area (Å²) in [5, 5.41) is 12.4. The van der Waals surface area contributed by atoms with Crippen molar-refractivity contribution in [1.82, 2.24) is 19.8 Å². The molecule has 3 aromatic rings. The van der Waals surface area contributed by atoms with Crippen molar-refractivity contribution in [3.05, 3.63) is 99.0 Å². The molecule has 5 rings (SSSR count). The predicted molar refractivity (Wildman–Crippen MR) is 193 cm³/mol. The maximum Gasteiger partial charge on any atom is 0.326 e. The first kappa shape index (κ1) is 37.7. The van der Waals surface area contributed by atoms with E-state index in [2.05, 4.69) is 6.07 Å². The number of nitrogens with zero attached hydrogens (tertiary/aromatic N) is 6. The topological polar surface area (TPSA) is 102 Å². The van der Waals surface area contributed by atoms with Gasteiger partial charge in [0.05, 0.1) is 43.4 Å². The van der Waals surface area contributed by atoms with Gasteiger partial charge in [0.15, 0.2) is 0 Å². The molecule has 1 fully saturated rings. The maximum atomic E-state index is 14.9. The van der Waals surface area contributed by atoms with Crippen LogP contribution in [0.2, 0.25) is 10.0 Å². The van der Waals surface area contributed by atoms with Crippen molar-refractivity contribution in [3.8, 4) is 11.8 Å². The highest BCUT2D eigenvalue weighted by Crippen LogP contribution is 2.46. The number of amides is 3. The molecule has 0 spiro atoms. The number of hydroxylamine groups is 2. The van der Waals surface area contributed by atoms with Gasteiger partial charge in [-0.15, -0.1) is 0 Å². The first-order chi connectivity index (χ1) is 23.0. The molecule has 10 nitrogen and oxygen atoms in total. The van der Waals surface area contributed by atoms with E-state index in [9.17, 15) is 14.9 Å². The lowest BCUT2D eigenvalue weighted by molar-refractivity contribution is -0.170. The molecule has 0 aliphatic carbocycles. The Bertz CT molecular complexity index is 1700. The van der Waals surface area contributed by atoms with E-state index < -0.39 is 17.5 Å². The smallest absolute Gasteiger partial charge is 0.326 e. The number of likely N-dealkylation sites (N-methyl/N-ethyl adjacent to an activating group) is 1. The number of amidine groups is 1. The second kappa shape index (κ2) is 16.0. The first-order valence-corrected chi connectivity index (χ1v) is 16.6. The van der Waals surface area contributed by atoms with Gasteiger partial charge in [0.2, 0.25) is 0 Å². The van der Waals surface area contributed by atoms with Gasteiger partial charge in [0.1, 0.15) is 17.6 Å². The van der Waals surface area contributed by atoms with Gasteiger partial charge < -0.3 is 9.64 Å². The molecule has 12 heteroatoms. The van der Waals surface area contributed by atoms with E-state index in [1.807, 2.05) is 92.4 Å². The number of nitriles is 1. The number of halogens is 2. The number of carbonyl (C=O) groups excluding carboxylic acids is 2. The number of carbonyl (C=O) groups is 2. The Kier molecular flexibility index (Phi) is 12.3. The van der Waals surface area contributed by atoms with Crippen LogP contribution in [0.15, 0.2) is 71.7 Å². The minimum absolute atomic E-state index is 0. The summed E-state index contributed by atoms with van der Waals surface area (Å²) in [6.45, 7) is 8.04. The first-order valence-electron chi connectivity index (χ1n) is 15.9. The van der Waals surface area contributed by atoms with Crippen molar-refractivity contribution in [2.24, 2.45) is 4.99 Å². The fourth-order valence-electron chi connectivity index (χ4n) is 5.94.